The van der Waals surface area contributed by atoms with E-state index in [0.29, 0.717) is 13.1 Å². The minimum Gasteiger partial charge on any atom is -0.334 e. The zero-order valence-corrected chi connectivity index (χ0v) is 15.5. The van der Waals surface area contributed by atoms with Gasteiger partial charge in [0.25, 0.3) is 5.91 Å². The number of hydrogen-bond acceptors (Lipinski definition) is 3. The molecule has 0 unspecified atom stereocenters. The Balaban J connectivity index is 2.08. The number of hydrogen-bond donors (Lipinski definition) is 0. The van der Waals surface area contributed by atoms with Crippen molar-refractivity contribution in [3.05, 3.63) is 58.5 Å². The van der Waals surface area contributed by atoms with Gasteiger partial charge in [0.15, 0.2) is 0 Å². The molecule has 0 saturated carbocycles. The molecule has 2 aromatic heterocycles. The van der Waals surface area contributed by atoms with Crippen LogP contribution in [0.2, 0.25) is 0 Å². The van der Waals surface area contributed by atoms with E-state index in [4.69, 9.17) is 0 Å². The van der Waals surface area contributed by atoms with Gasteiger partial charge in [0, 0.05) is 43.0 Å². The first kappa shape index (κ1) is 17.1. The molecule has 0 atom stereocenters. The van der Waals surface area contributed by atoms with Crippen molar-refractivity contribution >= 4 is 16.8 Å². The fourth-order valence-corrected chi connectivity index (χ4v) is 3.13. The topological polar surface area (TPSA) is 51.0 Å². The summed E-state index contributed by atoms with van der Waals surface area (Å²) in [5.74, 6) is 0.0463. The van der Waals surface area contributed by atoms with E-state index in [2.05, 4.69) is 16.1 Å². The minimum absolute atomic E-state index is 0.0463. The number of aromatic nitrogens is 3. The highest BCUT2D eigenvalue weighted by atomic mass is 16.2. The molecular formula is C20H24N4O. The van der Waals surface area contributed by atoms with Crippen molar-refractivity contribution in [2.24, 2.45) is 7.05 Å². The Kier molecular flexibility index (Phi) is 4.57. The monoisotopic (exact) mass is 336 g/mol. The molecule has 0 N–H and O–H groups in total. The summed E-state index contributed by atoms with van der Waals surface area (Å²) >= 11 is 0. The molecule has 0 radical (unpaired) electrons. The van der Waals surface area contributed by atoms with E-state index >= 15 is 0 Å². The number of pyridine rings is 1. The van der Waals surface area contributed by atoms with Crippen molar-refractivity contribution in [1.29, 1.82) is 0 Å². The van der Waals surface area contributed by atoms with Gasteiger partial charge in [-0.2, -0.15) is 5.10 Å². The summed E-state index contributed by atoms with van der Waals surface area (Å²) in [6.07, 6.45) is 3.76. The normalized spacial score (nSPS) is 11.1. The van der Waals surface area contributed by atoms with Crippen LogP contribution in [-0.2, 0) is 13.6 Å². The third-order valence-electron chi connectivity index (χ3n) is 4.64. The summed E-state index contributed by atoms with van der Waals surface area (Å²) < 4.78 is 1.76. The minimum atomic E-state index is 0.0463. The zero-order valence-electron chi connectivity index (χ0n) is 15.5. The van der Waals surface area contributed by atoms with Crippen LogP contribution in [0.4, 0.5) is 0 Å². The zero-order chi connectivity index (χ0) is 18.1. The van der Waals surface area contributed by atoms with Crippen molar-refractivity contribution in [3.8, 4) is 0 Å². The largest absolute Gasteiger partial charge is 0.334 e. The highest BCUT2D eigenvalue weighted by Gasteiger charge is 2.21. The van der Waals surface area contributed by atoms with Gasteiger partial charge < -0.3 is 4.90 Å². The molecule has 0 aliphatic carbocycles. The molecule has 130 valence electrons. The van der Waals surface area contributed by atoms with E-state index in [9.17, 15) is 4.79 Å². The molecule has 5 nitrogen and oxygen atoms in total. The van der Waals surface area contributed by atoms with Crippen LogP contribution >= 0.6 is 0 Å². The van der Waals surface area contributed by atoms with Crippen LogP contribution in [0.25, 0.3) is 10.9 Å². The SMILES string of the molecule is CCN(Cc1cnn(C)c1)C(=O)c1c(C)c(C)nc2ccc(C)cc12. The van der Waals surface area contributed by atoms with Crippen LogP contribution in [0.3, 0.4) is 0 Å². The summed E-state index contributed by atoms with van der Waals surface area (Å²) in [5, 5.41) is 5.13. The van der Waals surface area contributed by atoms with Gasteiger partial charge in [-0.25, -0.2) is 0 Å². The van der Waals surface area contributed by atoms with Crippen LogP contribution in [0.15, 0.2) is 30.6 Å². The molecule has 0 fully saturated rings. The van der Waals surface area contributed by atoms with E-state index in [-0.39, 0.29) is 5.91 Å². The van der Waals surface area contributed by atoms with E-state index < -0.39 is 0 Å². The lowest BCUT2D eigenvalue weighted by molar-refractivity contribution is 0.0753. The lowest BCUT2D eigenvalue weighted by atomic mass is 9.99. The second-order valence-corrected chi connectivity index (χ2v) is 6.56. The summed E-state index contributed by atoms with van der Waals surface area (Å²) in [4.78, 5) is 19.9. The van der Waals surface area contributed by atoms with Crippen molar-refractivity contribution in [2.45, 2.75) is 34.2 Å². The fraction of sp³-hybridized carbons (Fsp3) is 0.350. The molecule has 1 aromatic carbocycles. The first-order valence-corrected chi connectivity index (χ1v) is 8.55. The predicted octanol–water partition coefficient (Wildman–Crippen LogP) is 3.56. The number of nitrogens with zero attached hydrogens (tertiary/aromatic N) is 4. The molecule has 3 rings (SSSR count). The van der Waals surface area contributed by atoms with Gasteiger partial charge >= 0.3 is 0 Å². The lowest BCUT2D eigenvalue weighted by Crippen LogP contribution is -2.31. The maximum absolute atomic E-state index is 13.4. The summed E-state index contributed by atoms with van der Waals surface area (Å²) in [5.41, 5.74) is 5.64. The molecule has 1 amide bonds. The van der Waals surface area contributed by atoms with E-state index in [0.717, 1.165) is 38.9 Å². The van der Waals surface area contributed by atoms with Gasteiger partial charge in [0.2, 0.25) is 0 Å². The summed E-state index contributed by atoms with van der Waals surface area (Å²) in [6, 6.07) is 6.08. The van der Waals surface area contributed by atoms with Gasteiger partial charge in [0.1, 0.15) is 0 Å². The molecule has 0 bridgehead atoms. The fourth-order valence-electron chi connectivity index (χ4n) is 3.13. The van der Waals surface area contributed by atoms with Crippen molar-refractivity contribution in [3.63, 3.8) is 0 Å². The molecule has 2 heterocycles. The maximum atomic E-state index is 13.4. The highest BCUT2D eigenvalue weighted by Crippen LogP contribution is 2.26. The standard InChI is InChI=1S/C20H24N4O/c1-6-24(12-16-10-21-23(5)11-16)20(25)19-14(3)15(4)22-18-8-7-13(2)9-17(18)19/h7-11H,6,12H2,1-5H3. The Morgan fingerprint density at radius 3 is 2.64 bits per heavy atom. The number of carbonyl (C=O) groups excluding carboxylic acids is 1. The van der Waals surface area contributed by atoms with E-state index in [1.807, 2.05) is 64.2 Å². The van der Waals surface area contributed by atoms with E-state index in [1.165, 1.54) is 0 Å². The van der Waals surface area contributed by atoms with E-state index in [1.54, 1.807) is 4.68 Å². The van der Waals surface area contributed by atoms with Gasteiger partial charge in [-0.1, -0.05) is 11.6 Å². The average molecular weight is 336 g/mol. The molecule has 3 aromatic rings. The molecule has 5 heteroatoms. The summed E-state index contributed by atoms with van der Waals surface area (Å²) in [7, 11) is 1.88. The predicted molar refractivity (Wildman–Crippen MR) is 99.6 cm³/mol. The van der Waals surface area contributed by atoms with Crippen molar-refractivity contribution in [2.75, 3.05) is 6.54 Å². The van der Waals surface area contributed by atoms with Crippen molar-refractivity contribution < 1.29 is 4.79 Å². The first-order valence-electron chi connectivity index (χ1n) is 8.55. The van der Waals surface area contributed by atoms with Gasteiger partial charge in [-0.15, -0.1) is 0 Å². The Bertz CT molecular complexity index is 942. The second kappa shape index (κ2) is 6.67. The maximum Gasteiger partial charge on any atom is 0.255 e. The van der Waals surface area contributed by atoms with Gasteiger partial charge in [0.05, 0.1) is 17.3 Å². The van der Waals surface area contributed by atoms with Crippen molar-refractivity contribution in [1.82, 2.24) is 19.7 Å². The van der Waals surface area contributed by atoms with Crippen LogP contribution < -0.4 is 0 Å². The summed E-state index contributed by atoms with van der Waals surface area (Å²) in [6.45, 7) is 9.18. The average Bonchev–Trinajstić information content (AvgIpc) is 2.99. The number of rotatable bonds is 4. The number of fused-ring (bicyclic) bond motifs is 1. The Morgan fingerprint density at radius 1 is 1.24 bits per heavy atom. The lowest BCUT2D eigenvalue weighted by Gasteiger charge is -2.23. The molecule has 25 heavy (non-hydrogen) atoms. The van der Waals surface area contributed by atoms with Gasteiger partial charge in [-0.05, 0) is 45.4 Å². The number of aryl methyl sites for hydroxylation is 3. The third kappa shape index (κ3) is 3.27. The van der Waals surface area contributed by atoms with Crippen LogP contribution in [0, 0.1) is 20.8 Å². The smallest absolute Gasteiger partial charge is 0.255 e. The van der Waals surface area contributed by atoms with Crippen LogP contribution in [0.1, 0.15) is 39.7 Å². The first-order chi connectivity index (χ1) is 11.9. The molecular weight excluding hydrogens is 312 g/mol. The number of amides is 1. The molecule has 0 aliphatic heterocycles. The molecule has 0 spiro atoms. The Labute approximate surface area is 148 Å². The quantitative estimate of drug-likeness (QED) is 0.732. The number of carbonyl (C=O) groups is 1. The molecule has 0 aliphatic rings. The molecule has 0 saturated heterocycles. The Morgan fingerprint density at radius 2 is 2.00 bits per heavy atom. The van der Waals surface area contributed by atoms with Gasteiger partial charge in [-0.3, -0.25) is 14.5 Å². The second-order valence-electron chi connectivity index (χ2n) is 6.56. The number of benzene rings is 1. The third-order valence-corrected chi connectivity index (χ3v) is 4.64. The highest BCUT2D eigenvalue weighted by molar-refractivity contribution is 6.07. The van der Waals surface area contributed by atoms with Crippen LogP contribution in [-0.4, -0.2) is 32.1 Å². The Hall–Kier alpha value is -2.69. The van der Waals surface area contributed by atoms with Crippen LogP contribution in [0.5, 0.6) is 0 Å².